The normalized spacial score (nSPS) is 18.2. The minimum atomic E-state index is -0.0816. The average Bonchev–Trinajstić information content (AvgIpc) is 2.92. The second kappa shape index (κ2) is 6.68. The number of aromatic amines is 1. The molecule has 1 fully saturated rings. The van der Waals surface area contributed by atoms with Crippen LogP contribution in [0.4, 0.5) is 0 Å². The number of carbonyl (C=O) groups excluding carboxylic acids is 1. The number of imidazole rings is 1. The first-order chi connectivity index (χ1) is 11.0. The Kier molecular flexibility index (Phi) is 4.63. The first-order valence-corrected chi connectivity index (χ1v) is 8.18. The third-order valence-electron chi connectivity index (χ3n) is 4.60. The molecule has 0 radical (unpaired) electrons. The minimum absolute atomic E-state index is 0.0816. The fourth-order valence-corrected chi connectivity index (χ4v) is 3.01. The van der Waals surface area contributed by atoms with E-state index >= 15 is 0 Å². The highest BCUT2D eigenvalue weighted by Crippen LogP contribution is 2.13. The van der Waals surface area contributed by atoms with Crippen LogP contribution in [0.1, 0.15) is 18.3 Å². The fraction of sp³-hybridized carbons (Fsp3) is 0.529. The summed E-state index contributed by atoms with van der Waals surface area (Å²) < 4.78 is 0. The number of aromatic nitrogens is 2. The summed E-state index contributed by atoms with van der Waals surface area (Å²) in [5, 5.41) is 3.05. The Bertz CT molecular complexity index is 687. The van der Waals surface area contributed by atoms with Crippen molar-refractivity contribution in [2.24, 2.45) is 0 Å². The summed E-state index contributed by atoms with van der Waals surface area (Å²) in [4.78, 5) is 24.5. The molecule has 6 nitrogen and oxygen atoms in total. The van der Waals surface area contributed by atoms with E-state index in [9.17, 15) is 4.79 Å². The topological polar surface area (TPSA) is 64.3 Å². The van der Waals surface area contributed by atoms with Crippen molar-refractivity contribution in [1.82, 2.24) is 25.1 Å². The summed E-state index contributed by atoms with van der Waals surface area (Å²) in [5.41, 5.74) is 3.06. The van der Waals surface area contributed by atoms with Crippen LogP contribution in [-0.2, 0) is 11.3 Å². The van der Waals surface area contributed by atoms with Crippen LogP contribution >= 0.6 is 0 Å². The van der Waals surface area contributed by atoms with Crippen LogP contribution < -0.4 is 5.32 Å². The first kappa shape index (κ1) is 16.0. The maximum absolute atomic E-state index is 12.4. The van der Waals surface area contributed by atoms with Crippen molar-refractivity contribution in [3.05, 3.63) is 29.6 Å². The zero-order valence-electron chi connectivity index (χ0n) is 14.1. The van der Waals surface area contributed by atoms with Crippen LogP contribution in [0.15, 0.2) is 18.2 Å². The van der Waals surface area contributed by atoms with E-state index in [-0.39, 0.29) is 11.9 Å². The number of H-pyrrole nitrogens is 1. The lowest BCUT2D eigenvalue weighted by molar-refractivity contribution is -0.126. The molecule has 1 aliphatic rings. The quantitative estimate of drug-likeness (QED) is 0.887. The lowest BCUT2D eigenvalue weighted by Gasteiger charge is -2.35. The van der Waals surface area contributed by atoms with Gasteiger partial charge in [-0.25, -0.2) is 4.98 Å². The molecule has 0 spiro atoms. The molecule has 1 saturated heterocycles. The van der Waals surface area contributed by atoms with E-state index in [0.717, 1.165) is 48.6 Å². The molecule has 1 amide bonds. The van der Waals surface area contributed by atoms with Gasteiger partial charge in [-0.15, -0.1) is 0 Å². The summed E-state index contributed by atoms with van der Waals surface area (Å²) in [6.07, 6.45) is 0. The Hall–Kier alpha value is -1.92. The molecule has 3 rings (SSSR count). The number of benzene rings is 1. The van der Waals surface area contributed by atoms with E-state index in [1.807, 2.05) is 26.0 Å². The van der Waals surface area contributed by atoms with E-state index in [2.05, 4.69) is 38.2 Å². The lowest BCUT2D eigenvalue weighted by atomic mass is 10.2. The van der Waals surface area contributed by atoms with Crippen molar-refractivity contribution in [3.63, 3.8) is 0 Å². The third kappa shape index (κ3) is 3.71. The van der Waals surface area contributed by atoms with Gasteiger partial charge < -0.3 is 15.2 Å². The Morgan fingerprint density at radius 2 is 2.09 bits per heavy atom. The van der Waals surface area contributed by atoms with Crippen molar-refractivity contribution in [1.29, 1.82) is 0 Å². The molecule has 2 N–H and O–H groups in total. The van der Waals surface area contributed by atoms with Crippen molar-refractivity contribution in [3.8, 4) is 0 Å². The molecule has 0 aliphatic carbocycles. The van der Waals surface area contributed by atoms with Crippen LogP contribution in [0, 0.1) is 6.92 Å². The first-order valence-electron chi connectivity index (χ1n) is 8.18. The number of hydrogen-bond donors (Lipinski definition) is 2. The number of rotatable bonds is 4. The number of piperazine rings is 1. The molecule has 2 heterocycles. The Labute approximate surface area is 136 Å². The molecular formula is C17H25N5O. The van der Waals surface area contributed by atoms with Crippen LogP contribution in [0.3, 0.4) is 0 Å². The summed E-state index contributed by atoms with van der Waals surface area (Å²) in [7, 11) is 2.12. The summed E-state index contributed by atoms with van der Waals surface area (Å²) >= 11 is 0. The molecule has 6 heteroatoms. The van der Waals surface area contributed by atoms with Crippen LogP contribution in [0.25, 0.3) is 11.0 Å². The number of fused-ring (bicyclic) bond motifs is 1. The standard InChI is InChI=1S/C17H25N5O/c1-12(22-8-6-21(3)7-9-22)17(23)18-11-14-4-5-15-16(10-14)20-13(2)19-15/h4-5,10,12H,6-9,11H2,1-3H3,(H,18,23)(H,19,20)/t12-/m1/s1. The van der Waals surface area contributed by atoms with Crippen molar-refractivity contribution in [2.45, 2.75) is 26.4 Å². The molecule has 1 aromatic carbocycles. The van der Waals surface area contributed by atoms with Gasteiger partial charge in [-0.05, 0) is 38.6 Å². The molecule has 2 aromatic rings. The summed E-state index contributed by atoms with van der Waals surface area (Å²) in [5.74, 6) is 1.00. The van der Waals surface area contributed by atoms with Gasteiger partial charge in [-0.2, -0.15) is 0 Å². The molecule has 0 unspecified atom stereocenters. The maximum Gasteiger partial charge on any atom is 0.237 e. The van der Waals surface area contributed by atoms with Crippen molar-refractivity contribution >= 4 is 16.9 Å². The zero-order chi connectivity index (χ0) is 16.4. The number of nitrogens with zero attached hydrogens (tertiary/aromatic N) is 3. The second-order valence-corrected chi connectivity index (χ2v) is 6.41. The predicted molar refractivity (Wildman–Crippen MR) is 91.2 cm³/mol. The number of carbonyl (C=O) groups is 1. The molecule has 124 valence electrons. The van der Waals surface area contributed by atoms with E-state index in [1.165, 1.54) is 0 Å². The highest BCUT2D eigenvalue weighted by Gasteiger charge is 2.24. The highest BCUT2D eigenvalue weighted by molar-refractivity contribution is 5.81. The number of likely N-dealkylation sites (N-methyl/N-ethyl adjacent to an activating group) is 1. The SMILES string of the molecule is Cc1nc2ccc(CNC(=O)[C@@H](C)N3CCN(C)CC3)cc2[nH]1. The van der Waals surface area contributed by atoms with Gasteiger partial charge in [-0.1, -0.05) is 6.07 Å². The van der Waals surface area contributed by atoms with Crippen LogP contribution in [0.5, 0.6) is 0 Å². The van der Waals surface area contributed by atoms with Gasteiger partial charge in [0.15, 0.2) is 0 Å². The van der Waals surface area contributed by atoms with E-state index in [0.29, 0.717) is 6.54 Å². The largest absolute Gasteiger partial charge is 0.351 e. The Balaban J connectivity index is 1.56. The fourth-order valence-electron chi connectivity index (χ4n) is 3.01. The molecule has 0 saturated carbocycles. The maximum atomic E-state index is 12.4. The van der Waals surface area contributed by atoms with E-state index in [1.54, 1.807) is 0 Å². The summed E-state index contributed by atoms with van der Waals surface area (Å²) in [6.45, 7) is 8.42. The van der Waals surface area contributed by atoms with Crippen LogP contribution in [-0.4, -0.2) is 64.9 Å². The third-order valence-corrected chi connectivity index (χ3v) is 4.60. The second-order valence-electron chi connectivity index (χ2n) is 6.41. The number of amides is 1. The van der Waals surface area contributed by atoms with Gasteiger partial charge in [0.05, 0.1) is 17.1 Å². The molecule has 23 heavy (non-hydrogen) atoms. The van der Waals surface area contributed by atoms with Gasteiger partial charge >= 0.3 is 0 Å². The van der Waals surface area contributed by atoms with Crippen molar-refractivity contribution in [2.75, 3.05) is 33.2 Å². The highest BCUT2D eigenvalue weighted by atomic mass is 16.2. The molecule has 1 aliphatic heterocycles. The van der Waals surface area contributed by atoms with Gasteiger partial charge in [0.2, 0.25) is 5.91 Å². The van der Waals surface area contributed by atoms with Crippen molar-refractivity contribution < 1.29 is 4.79 Å². The zero-order valence-corrected chi connectivity index (χ0v) is 14.1. The molecule has 1 atom stereocenters. The summed E-state index contributed by atoms with van der Waals surface area (Å²) in [6, 6.07) is 5.98. The van der Waals surface area contributed by atoms with Crippen LogP contribution in [0.2, 0.25) is 0 Å². The predicted octanol–water partition coefficient (Wildman–Crippen LogP) is 1.12. The minimum Gasteiger partial charge on any atom is -0.351 e. The lowest BCUT2D eigenvalue weighted by Crippen LogP contribution is -2.52. The van der Waals surface area contributed by atoms with Gasteiger partial charge in [0.1, 0.15) is 5.82 Å². The number of hydrogen-bond acceptors (Lipinski definition) is 4. The smallest absolute Gasteiger partial charge is 0.237 e. The van der Waals surface area contributed by atoms with E-state index in [4.69, 9.17) is 0 Å². The average molecular weight is 315 g/mol. The molecule has 1 aromatic heterocycles. The van der Waals surface area contributed by atoms with Gasteiger partial charge in [0.25, 0.3) is 0 Å². The number of nitrogens with one attached hydrogen (secondary N) is 2. The monoisotopic (exact) mass is 315 g/mol. The Morgan fingerprint density at radius 1 is 1.35 bits per heavy atom. The van der Waals surface area contributed by atoms with E-state index < -0.39 is 0 Å². The number of aryl methyl sites for hydroxylation is 1. The Morgan fingerprint density at radius 3 is 2.83 bits per heavy atom. The van der Waals surface area contributed by atoms with Gasteiger partial charge in [0, 0.05) is 32.7 Å². The molecule has 0 bridgehead atoms. The van der Waals surface area contributed by atoms with Gasteiger partial charge in [-0.3, -0.25) is 9.69 Å². The molecular weight excluding hydrogens is 290 g/mol.